The van der Waals surface area contributed by atoms with Crippen LogP contribution in [0.1, 0.15) is 18.1 Å². The third-order valence-corrected chi connectivity index (χ3v) is 5.42. The summed E-state index contributed by atoms with van der Waals surface area (Å²) in [6.07, 6.45) is 2.82. The number of nitrogens with two attached hydrogens (primary N) is 1. The van der Waals surface area contributed by atoms with E-state index in [1.54, 1.807) is 26.6 Å². The highest BCUT2D eigenvalue weighted by molar-refractivity contribution is 5.73. The fourth-order valence-electron chi connectivity index (χ4n) is 3.90. The van der Waals surface area contributed by atoms with E-state index >= 15 is 0 Å². The van der Waals surface area contributed by atoms with Gasteiger partial charge in [-0.05, 0) is 35.4 Å². The molecule has 1 aliphatic rings. The summed E-state index contributed by atoms with van der Waals surface area (Å²) in [5.41, 5.74) is 11.1. The molecule has 0 saturated carbocycles. The van der Waals surface area contributed by atoms with Crippen LogP contribution in [0.5, 0.6) is 11.5 Å². The lowest BCUT2D eigenvalue weighted by atomic mass is 10.0. The van der Waals surface area contributed by atoms with Crippen molar-refractivity contribution in [2.75, 3.05) is 19.3 Å². The van der Waals surface area contributed by atoms with Crippen LogP contribution in [0.25, 0.3) is 11.1 Å². The van der Waals surface area contributed by atoms with E-state index in [-0.39, 0.29) is 0 Å². The van der Waals surface area contributed by atoms with Crippen molar-refractivity contribution >= 4 is 11.7 Å². The first-order chi connectivity index (χ1) is 15.5. The van der Waals surface area contributed by atoms with E-state index in [2.05, 4.69) is 4.98 Å². The minimum Gasteiger partial charge on any atom is -0.496 e. The Bertz CT molecular complexity index is 1080. The standard InChI is InChI=1S/C24H26N4O4/c1-16(29)32-28-21-12-17(18-6-5-11-26-13-18)9-10-19(21)14-27(24(28)25)15-20-22(30-2)7-4-8-23(20)31-3/h4-13,24H,14-15,25H2,1-3H3. The Morgan fingerprint density at radius 3 is 2.47 bits per heavy atom. The molecule has 4 rings (SSSR count). The molecular formula is C24H26N4O4. The van der Waals surface area contributed by atoms with Gasteiger partial charge in [-0.2, -0.15) is 5.06 Å². The highest BCUT2D eigenvalue weighted by atomic mass is 16.7. The minimum atomic E-state index is -0.704. The van der Waals surface area contributed by atoms with Crippen molar-refractivity contribution in [2.45, 2.75) is 26.3 Å². The first kappa shape index (κ1) is 21.6. The number of hydrogen-bond donors (Lipinski definition) is 1. The molecule has 32 heavy (non-hydrogen) atoms. The molecule has 3 aromatic rings. The summed E-state index contributed by atoms with van der Waals surface area (Å²) in [4.78, 5) is 23.6. The largest absolute Gasteiger partial charge is 0.496 e. The number of hydrogen-bond acceptors (Lipinski definition) is 8. The van der Waals surface area contributed by atoms with E-state index in [0.717, 1.165) is 27.9 Å². The number of carbonyl (C=O) groups is 1. The lowest BCUT2D eigenvalue weighted by Crippen LogP contribution is -2.57. The first-order valence-electron chi connectivity index (χ1n) is 10.2. The maximum atomic E-state index is 11.9. The molecule has 0 fully saturated rings. The Hall–Kier alpha value is -3.62. The van der Waals surface area contributed by atoms with Crippen LogP contribution in [-0.4, -0.2) is 36.4 Å². The highest BCUT2D eigenvalue weighted by Crippen LogP contribution is 2.37. The maximum Gasteiger partial charge on any atom is 0.329 e. The number of benzene rings is 2. The molecule has 0 spiro atoms. The summed E-state index contributed by atoms with van der Waals surface area (Å²) in [6.45, 7) is 2.36. The van der Waals surface area contributed by atoms with Crippen molar-refractivity contribution in [1.82, 2.24) is 9.88 Å². The van der Waals surface area contributed by atoms with Gasteiger partial charge >= 0.3 is 5.97 Å². The predicted octanol–water partition coefficient (Wildman–Crippen LogP) is 3.31. The molecule has 8 heteroatoms. The summed E-state index contributed by atoms with van der Waals surface area (Å²) >= 11 is 0. The zero-order valence-electron chi connectivity index (χ0n) is 18.3. The normalized spacial score (nSPS) is 15.8. The van der Waals surface area contributed by atoms with E-state index < -0.39 is 12.3 Å². The molecule has 0 aliphatic carbocycles. The summed E-state index contributed by atoms with van der Waals surface area (Å²) < 4.78 is 11.1. The van der Waals surface area contributed by atoms with Gasteiger partial charge in [-0.15, -0.1) is 0 Å². The minimum absolute atomic E-state index is 0.440. The fraction of sp³-hybridized carbons (Fsp3) is 0.250. The Morgan fingerprint density at radius 2 is 1.84 bits per heavy atom. The molecule has 0 amide bonds. The first-order valence-corrected chi connectivity index (χ1v) is 10.2. The van der Waals surface area contributed by atoms with Gasteiger partial charge in [0.15, 0.2) is 6.29 Å². The molecule has 1 atom stereocenters. The van der Waals surface area contributed by atoms with E-state index in [1.165, 1.54) is 12.0 Å². The monoisotopic (exact) mass is 434 g/mol. The van der Waals surface area contributed by atoms with E-state index in [1.807, 2.05) is 53.4 Å². The maximum absolute atomic E-state index is 11.9. The summed E-state index contributed by atoms with van der Waals surface area (Å²) in [6, 6.07) is 15.5. The smallest absolute Gasteiger partial charge is 0.329 e. The van der Waals surface area contributed by atoms with Gasteiger partial charge in [0, 0.05) is 38.0 Å². The number of carbonyl (C=O) groups excluding carboxylic acids is 1. The van der Waals surface area contributed by atoms with Crippen molar-refractivity contribution in [1.29, 1.82) is 0 Å². The number of aromatic nitrogens is 1. The van der Waals surface area contributed by atoms with Crippen molar-refractivity contribution in [3.8, 4) is 22.6 Å². The molecule has 1 aliphatic heterocycles. The second-order valence-electron chi connectivity index (χ2n) is 7.45. The van der Waals surface area contributed by atoms with E-state index in [9.17, 15) is 4.79 Å². The van der Waals surface area contributed by atoms with Gasteiger partial charge in [0.2, 0.25) is 0 Å². The molecule has 0 radical (unpaired) electrons. The van der Waals surface area contributed by atoms with Crippen LogP contribution in [0.4, 0.5) is 5.69 Å². The summed E-state index contributed by atoms with van der Waals surface area (Å²) in [5, 5.41) is 1.46. The second-order valence-corrected chi connectivity index (χ2v) is 7.45. The van der Waals surface area contributed by atoms with Crippen molar-refractivity contribution in [3.63, 3.8) is 0 Å². The van der Waals surface area contributed by atoms with Gasteiger partial charge in [0.05, 0.1) is 25.5 Å². The van der Waals surface area contributed by atoms with Crippen LogP contribution < -0.4 is 20.3 Å². The van der Waals surface area contributed by atoms with Crippen LogP contribution in [0.3, 0.4) is 0 Å². The molecule has 1 unspecified atom stereocenters. The highest BCUT2D eigenvalue weighted by Gasteiger charge is 2.33. The van der Waals surface area contributed by atoms with Crippen molar-refractivity contribution < 1.29 is 19.1 Å². The van der Waals surface area contributed by atoms with Crippen molar-refractivity contribution in [2.24, 2.45) is 5.73 Å². The molecule has 2 heterocycles. The molecule has 166 valence electrons. The Labute approximate surface area is 187 Å². The van der Waals surface area contributed by atoms with Gasteiger partial charge in [-0.1, -0.05) is 24.3 Å². The molecule has 0 bridgehead atoms. The van der Waals surface area contributed by atoms with Crippen LogP contribution in [0.15, 0.2) is 60.9 Å². The fourth-order valence-corrected chi connectivity index (χ4v) is 3.90. The van der Waals surface area contributed by atoms with Gasteiger partial charge < -0.3 is 14.3 Å². The van der Waals surface area contributed by atoms with Crippen LogP contribution in [-0.2, 0) is 22.7 Å². The molecular weight excluding hydrogens is 408 g/mol. The lowest BCUT2D eigenvalue weighted by Gasteiger charge is -2.42. The van der Waals surface area contributed by atoms with E-state index in [4.69, 9.17) is 20.0 Å². The number of hydroxylamine groups is 1. The Kier molecular flexibility index (Phi) is 6.25. The number of pyridine rings is 1. The van der Waals surface area contributed by atoms with Crippen LogP contribution in [0, 0.1) is 0 Å². The zero-order chi connectivity index (χ0) is 22.7. The number of ether oxygens (including phenoxy) is 2. The molecule has 1 aromatic heterocycles. The van der Waals surface area contributed by atoms with Crippen molar-refractivity contribution in [3.05, 3.63) is 72.1 Å². The second kappa shape index (κ2) is 9.25. The molecule has 8 nitrogen and oxygen atoms in total. The number of anilines is 1. The topological polar surface area (TPSA) is 90.1 Å². The number of fused-ring (bicyclic) bond motifs is 1. The van der Waals surface area contributed by atoms with E-state index in [0.29, 0.717) is 24.6 Å². The summed E-state index contributed by atoms with van der Waals surface area (Å²) in [7, 11) is 3.24. The number of rotatable bonds is 6. The molecule has 2 aromatic carbocycles. The third kappa shape index (κ3) is 4.23. The predicted molar refractivity (Wildman–Crippen MR) is 121 cm³/mol. The molecule has 2 N–H and O–H groups in total. The zero-order valence-corrected chi connectivity index (χ0v) is 18.3. The number of nitrogens with zero attached hydrogens (tertiary/aromatic N) is 3. The number of methoxy groups -OCH3 is 2. The van der Waals surface area contributed by atoms with Gasteiger partial charge in [-0.25, -0.2) is 0 Å². The van der Waals surface area contributed by atoms with Crippen LogP contribution in [0.2, 0.25) is 0 Å². The van der Waals surface area contributed by atoms with Gasteiger partial charge in [0.1, 0.15) is 11.5 Å². The lowest BCUT2D eigenvalue weighted by molar-refractivity contribution is -0.145. The van der Waals surface area contributed by atoms with Gasteiger partial charge in [0.25, 0.3) is 0 Å². The Morgan fingerprint density at radius 1 is 1.09 bits per heavy atom. The molecule has 0 saturated heterocycles. The van der Waals surface area contributed by atoms with Crippen LogP contribution >= 0.6 is 0 Å². The quantitative estimate of drug-likeness (QED) is 0.632. The average molecular weight is 434 g/mol. The van der Waals surface area contributed by atoms with Gasteiger partial charge in [-0.3, -0.25) is 20.4 Å². The summed E-state index contributed by atoms with van der Waals surface area (Å²) in [5.74, 6) is 0.955. The Balaban J connectivity index is 1.72. The SMILES string of the molecule is COc1cccc(OC)c1CN1Cc2ccc(-c3cccnc3)cc2N(OC(C)=O)C1N. The third-order valence-electron chi connectivity index (χ3n) is 5.42. The average Bonchev–Trinajstić information content (AvgIpc) is 2.82.